The molecule has 4 N–H and O–H groups in total. The first-order valence-corrected chi connectivity index (χ1v) is 4.03. The number of aldehydes is 1. The maximum absolute atomic E-state index is 9.92. The van der Waals surface area contributed by atoms with Gasteiger partial charge in [0.25, 0.3) is 0 Å². The summed E-state index contributed by atoms with van der Waals surface area (Å²) in [7, 11) is 1.64. The van der Waals surface area contributed by atoms with E-state index >= 15 is 0 Å². The van der Waals surface area contributed by atoms with Crippen LogP contribution in [0.15, 0.2) is 5.10 Å². The van der Waals surface area contributed by atoms with Crippen LogP contribution in [0.5, 0.6) is 0 Å². The highest BCUT2D eigenvalue weighted by molar-refractivity contribution is 8.13. The standard InChI is InChI=1S/C5H12N4OS/c1-9(7)5(8-6)11-4-2-3-10/h3H,2,4,6-7H2,1H3/b8-5-. The van der Waals surface area contributed by atoms with Crippen molar-refractivity contribution in [2.45, 2.75) is 6.42 Å². The van der Waals surface area contributed by atoms with Crippen LogP contribution >= 0.6 is 11.8 Å². The third-order valence-corrected chi connectivity index (χ3v) is 1.97. The number of hydrogen-bond acceptors (Lipinski definition) is 5. The molecule has 0 unspecified atom stereocenters. The number of nitrogens with zero attached hydrogens (tertiary/aromatic N) is 2. The van der Waals surface area contributed by atoms with E-state index in [1.54, 1.807) is 7.05 Å². The molecule has 0 radical (unpaired) electrons. The van der Waals surface area contributed by atoms with Gasteiger partial charge >= 0.3 is 0 Å². The number of rotatable bonds is 3. The Balaban J connectivity index is 3.62. The summed E-state index contributed by atoms with van der Waals surface area (Å²) in [6.07, 6.45) is 1.33. The smallest absolute Gasteiger partial charge is 0.196 e. The van der Waals surface area contributed by atoms with E-state index in [0.29, 0.717) is 17.3 Å². The second kappa shape index (κ2) is 5.99. The minimum Gasteiger partial charge on any atom is -0.321 e. The molecule has 0 saturated carbocycles. The van der Waals surface area contributed by atoms with Gasteiger partial charge in [-0.25, -0.2) is 5.84 Å². The third kappa shape index (κ3) is 4.63. The van der Waals surface area contributed by atoms with E-state index in [0.717, 1.165) is 6.29 Å². The lowest BCUT2D eigenvalue weighted by Crippen LogP contribution is -2.32. The molecule has 0 saturated heterocycles. The van der Waals surface area contributed by atoms with Gasteiger partial charge in [0.15, 0.2) is 5.17 Å². The average Bonchev–Trinajstić information content (AvgIpc) is 1.97. The van der Waals surface area contributed by atoms with Crippen molar-refractivity contribution >= 4 is 23.2 Å². The van der Waals surface area contributed by atoms with Gasteiger partial charge in [-0.05, 0) is 0 Å². The van der Waals surface area contributed by atoms with Crippen LogP contribution in [-0.2, 0) is 4.79 Å². The number of carbonyl (C=O) groups is 1. The van der Waals surface area contributed by atoms with Gasteiger partial charge in [-0.3, -0.25) is 5.01 Å². The zero-order valence-corrected chi connectivity index (χ0v) is 7.17. The summed E-state index contributed by atoms with van der Waals surface area (Å²) in [5.41, 5.74) is 0. The maximum Gasteiger partial charge on any atom is 0.196 e. The zero-order chi connectivity index (χ0) is 8.69. The predicted octanol–water partition coefficient (Wildman–Crippen LogP) is -0.656. The Morgan fingerprint density at radius 3 is 2.82 bits per heavy atom. The van der Waals surface area contributed by atoms with Crippen molar-refractivity contribution in [1.82, 2.24) is 5.01 Å². The summed E-state index contributed by atoms with van der Waals surface area (Å²) in [4.78, 5) is 9.92. The molecule has 0 spiro atoms. The molecular weight excluding hydrogens is 164 g/mol. The van der Waals surface area contributed by atoms with E-state index < -0.39 is 0 Å². The summed E-state index contributed by atoms with van der Waals surface area (Å²) >= 11 is 1.35. The second-order valence-electron chi connectivity index (χ2n) is 1.83. The number of hydrazone groups is 1. The largest absolute Gasteiger partial charge is 0.321 e. The van der Waals surface area contributed by atoms with E-state index in [-0.39, 0.29) is 0 Å². The van der Waals surface area contributed by atoms with Crippen molar-refractivity contribution in [2.75, 3.05) is 12.8 Å². The SMILES string of the molecule is CN(N)/C(=N/N)SCCC=O. The molecule has 0 aromatic carbocycles. The van der Waals surface area contributed by atoms with Crippen LogP contribution in [0.3, 0.4) is 0 Å². The van der Waals surface area contributed by atoms with Gasteiger partial charge in [0, 0.05) is 19.2 Å². The predicted molar refractivity (Wildman–Crippen MR) is 46.7 cm³/mol. The summed E-state index contributed by atoms with van der Waals surface area (Å²) in [5.74, 6) is 11.0. The molecule has 0 aliphatic heterocycles. The van der Waals surface area contributed by atoms with E-state index in [1.165, 1.54) is 16.8 Å². The molecule has 0 aliphatic carbocycles. The number of thioether (sulfide) groups is 1. The van der Waals surface area contributed by atoms with Crippen LogP contribution < -0.4 is 11.7 Å². The molecule has 5 nitrogen and oxygen atoms in total. The quantitative estimate of drug-likeness (QED) is 0.149. The monoisotopic (exact) mass is 176 g/mol. The summed E-state index contributed by atoms with van der Waals surface area (Å²) in [5, 5.41) is 5.26. The van der Waals surface area contributed by atoms with Crippen molar-refractivity contribution in [3.8, 4) is 0 Å². The van der Waals surface area contributed by atoms with E-state index in [9.17, 15) is 4.79 Å². The number of hydrogen-bond donors (Lipinski definition) is 2. The number of amidine groups is 1. The van der Waals surface area contributed by atoms with E-state index in [2.05, 4.69) is 5.10 Å². The molecule has 6 heteroatoms. The third-order valence-electron chi connectivity index (χ3n) is 0.879. The van der Waals surface area contributed by atoms with Crippen molar-refractivity contribution in [1.29, 1.82) is 0 Å². The molecule has 0 fully saturated rings. The Morgan fingerprint density at radius 1 is 1.82 bits per heavy atom. The van der Waals surface area contributed by atoms with Gasteiger partial charge in [0.1, 0.15) is 6.29 Å². The van der Waals surface area contributed by atoms with Crippen molar-refractivity contribution in [3.63, 3.8) is 0 Å². The van der Waals surface area contributed by atoms with Crippen LogP contribution in [0.1, 0.15) is 6.42 Å². The molecule has 0 amide bonds. The van der Waals surface area contributed by atoms with E-state index in [4.69, 9.17) is 11.7 Å². The Kier molecular flexibility index (Phi) is 5.58. The molecule has 64 valence electrons. The molecule has 0 aromatic heterocycles. The van der Waals surface area contributed by atoms with Gasteiger partial charge in [0.05, 0.1) is 0 Å². The zero-order valence-electron chi connectivity index (χ0n) is 6.36. The van der Waals surface area contributed by atoms with Crippen LogP contribution in [-0.4, -0.2) is 29.3 Å². The van der Waals surface area contributed by atoms with Crippen LogP contribution in [0, 0.1) is 0 Å². The molecule has 0 bridgehead atoms. The highest BCUT2D eigenvalue weighted by Gasteiger charge is 2.01. The minimum atomic E-state index is 0.484. The Hall–Kier alpha value is -0.750. The molecule has 0 aromatic rings. The fourth-order valence-electron chi connectivity index (χ4n) is 0.428. The Morgan fingerprint density at radius 2 is 2.45 bits per heavy atom. The van der Waals surface area contributed by atoms with Crippen LogP contribution in [0.4, 0.5) is 0 Å². The highest BCUT2D eigenvalue weighted by Crippen LogP contribution is 2.04. The Labute approximate surface area is 69.8 Å². The van der Waals surface area contributed by atoms with Crippen molar-refractivity contribution in [2.24, 2.45) is 16.8 Å². The first kappa shape index (κ1) is 10.2. The fourth-order valence-corrected chi connectivity index (χ4v) is 1.10. The lowest BCUT2D eigenvalue weighted by atomic mass is 10.6. The van der Waals surface area contributed by atoms with Crippen LogP contribution in [0.25, 0.3) is 0 Å². The Bertz CT molecular complexity index is 147. The molecule has 0 heterocycles. The normalized spacial score (nSPS) is 11.3. The fraction of sp³-hybridized carbons (Fsp3) is 0.600. The molecule has 0 aliphatic rings. The molecule has 0 rings (SSSR count). The number of hydrazine groups is 1. The summed E-state index contributed by atoms with van der Waals surface area (Å²) in [6, 6.07) is 0. The van der Waals surface area contributed by atoms with Gasteiger partial charge in [-0.15, -0.1) is 0 Å². The molecule has 11 heavy (non-hydrogen) atoms. The highest BCUT2D eigenvalue weighted by atomic mass is 32.2. The number of nitrogens with two attached hydrogens (primary N) is 2. The minimum absolute atomic E-state index is 0.484. The summed E-state index contributed by atoms with van der Waals surface area (Å²) < 4.78 is 0. The molecular formula is C5H12N4OS. The van der Waals surface area contributed by atoms with Crippen molar-refractivity contribution < 1.29 is 4.79 Å². The maximum atomic E-state index is 9.92. The van der Waals surface area contributed by atoms with Crippen LogP contribution in [0.2, 0.25) is 0 Å². The first-order valence-electron chi connectivity index (χ1n) is 3.05. The van der Waals surface area contributed by atoms with Gasteiger partial charge < -0.3 is 10.6 Å². The molecule has 0 atom stereocenters. The topological polar surface area (TPSA) is 84.7 Å². The van der Waals surface area contributed by atoms with Gasteiger partial charge in [-0.2, -0.15) is 5.10 Å². The first-order chi connectivity index (χ1) is 5.22. The van der Waals surface area contributed by atoms with Gasteiger partial charge in [-0.1, -0.05) is 11.8 Å². The second-order valence-corrected chi connectivity index (χ2v) is 2.89. The van der Waals surface area contributed by atoms with Crippen molar-refractivity contribution in [3.05, 3.63) is 0 Å². The number of carbonyl (C=O) groups excluding carboxylic acids is 1. The van der Waals surface area contributed by atoms with E-state index in [1.807, 2.05) is 0 Å². The lowest BCUT2D eigenvalue weighted by molar-refractivity contribution is -0.107. The lowest BCUT2D eigenvalue weighted by Gasteiger charge is -2.11. The average molecular weight is 176 g/mol. The van der Waals surface area contributed by atoms with Gasteiger partial charge in [0.2, 0.25) is 0 Å². The summed E-state index contributed by atoms with van der Waals surface area (Å²) in [6.45, 7) is 0.